The molecule has 11 heteroatoms. The highest BCUT2D eigenvalue weighted by Crippen LogP contribution is 2.33. The minimum atomic E-state index is -4.63. The second kappa shape index (κ2) is 7.37. The van der Waals surface area contributed by atoms with E-state index in [0.29, 0.717) is 0 Å². The molecule has 0 bridgehead atoms. The standard InChI is InChI=1S/C12H17F6N3O2/c1-7(9(22)20-10(23)19-6-11(13,14)15)21-4-2-3-8(5-21)12(16,17)18/h7-8H,2-6H2,1H3,(H2,19,20,22,23)/t7-,8+/m0/s1. The Morgan fingerprint density at radius 3 is 2.35 bits per heavy atom. The van der Waals surface area contributed by atoms with Crippen LogP contribution in [-0.4, -0.2) is 54.9 Å². The Morgan fingerprint density at radius 2 is 1.83 bits per heavy atom. The second-order valence-corrected chi connectivity index (χ2v) is 5.34. The van der Waals surface area contributed by atoms with Crippen LogP contribution in [0.5, 0.6) is 0 Å². The van der Waals surface area contributed by atoms with E-state index < -0.39 is 42.8 Å². The van der Waals surface area contributed by atoms with Crippen LogP contribution in [-0.2, 0) is 4.79 Å². The highest BCUT2D eigenvalue weighted by molar-refractivity contribution is 5.96. The topological polar surface area (TPSA) is 61.4 Å². The summed E-state index contributed by atoms with van der Waals surface area (Å²) in [4.78, 5) is 24.2. The Balaban J connectivity index is 2.51. The molecule has 1 aliphatic rings. The lowest BCUT2D eigenvalue weighted by atomic mass is 9.96. The summed E-state index contributed by atoms with van der Waals surface area (Å²) in [5.74, 6) is -2.52. The monoisotopic (exact) mass is 349 g/mol. The van der Waals surface area contributed by atoms with E-state index in [2.05, 4.69) is 0 Å². The fraction of sp³-hybridized carbons (Fsp3) is 0.833. The lowest BCUT2D eigenvalue weighted by Gasteiger charge is -2.36. The summed E-state index contributed by atoms with van der Waals surface area (Å²) >= 11 is 0. The van der Waals surface area contributed by atoms with Crippen LogP contribution in [0.15, 0.2) is 0 Å². The molecule has 134 valence electrons. The van der Waals surface area contributed by atoms with Crippen molar-refractivity contribution in [1.29, 1.82) is 0 Å². The third kappa shape index (κ3) is 6.63. The molecule has 1 fully saturated rings. The van der Waals surface area contributed by atoms with Crippen LogP contribution in [0.3, 0.4) is 0 Å². The number of hydrogen-bond acceptors (Lipinski definition) is 3. The van der Waals surface area contributed by atoms with Crippen molar-refractivity contribution in [2.45, 2.75) is 38.2 Å². The minimum absolute atomic E-state index is 0.0413. The van der Waals surface area contributed by atoms with Crippen molar-refractivity contribution in [3.63, 3.8) is 0 Å². The first-order valence-electron chi connectivity index (χ1n) is 6.86. The van der Waals surface area contributed by atoms with Gasteiger partial charge in [-0.2, -0.15) is 26.3 Å². The quantitative estimate of drug-likeness (QED) is 0.767. The molecule has 0 aromatic rings. The van der Waals surface area contributed by atoms with E-state index >= 15 is 0 Å². The summed E-state index contributed by atoms with van der Waals surface area (Å²) in [7, 11) is 0. The first-order valence-corrected chi connectivity index (χ1v) is 6.86. The molecule has 3 amide bonds. The summed E-state index contributed by atoms with van der Waals surface area (Å²) < 4.78 is 73.9. The molecule has 0 spiro atoms. The van der Waals surface area contributed by atoms with Gasteiger partial charge in [0.2, 0.25) is 5.91 Å². The van der Waals surface area contributed by atoms with Gasteiger partial charge in [-0.15, -0.1) is 0 Å². The van der Waals surface area contributed by atoms with Gasteiger partial charge in [-0.25, -0.2) is 4.79 Å². The van der Waals surface area contributed by atoms with E-state index in [1.54, 1.807) is 5.32 Å². The number of nitrogens with zero attached hydrogens (tertiary/aromatic N) is 1. The normalized spacial score (nSPS) is 21.6. The smallest absolute Gasteiger partial charge is 0.329 e. The predicted molar refractivity (Wildman–Crippen MR) is 67.4 cm³/mol. The number of piperidine rings is 1. The predicted octanol–water partition coefficient (Wildman–Crippen LogP) is 2.04. The molecule has 0 aromatic carbocycles. The van der Waals surface area contributed by atoms with Gasteiger partial charge < -0.3 is 5.32 Å². The summed E-state index contributed by atoms with van der Waals surface area (Å²) in [6, 6.07) is -2.40. The van der Waals surface area contributed by atoms with Gasteiger partial charge in [0, 0.05) is 6.54 Å². The lowest BCUT2D eigenvalue weighted by Crippen LogP contribution is -2.54. The molecular formula is C12H17F6N3O2. The van der Waals surface area contributed by atoms with Gasteiger partial charge in [0.25, 0.3) is 0 Å². The molecule has 0 aliphatic carbocycles. The third-order valence-corrected chi connectivity index (χ3v) is 3.53. The van der Waals surface area contributed by atoms with Crippen molar-refractivity contribution in [2.75, 3.05) is 19.6 Å². The van der Waals surface area contributed by atoms with Crippen LogP contribution >= 0.6 is 0 Å². The zero-order chi connectivity index (χ0) is 17.8. The molecule has 0 aromatic heterocycles. The van der Waals surface area contributed by atoms with E-state index in [1.807, 2.05) is 0 Å². The van der Waals surface area contributed by atoms with Crippen LogP contribution in [0.1, 0.15) is 19.8 Å². The minimum Gasteiger partial charge on any atom is -0.329 e. The van der Waals surface area contributed by atoms with Crippen LogP contribution in [0, 0.1) is 5.92 Å². The van der Waals surface area contributed by atoms with Crippen molar-refractivity contribution < 1.29 is 35.9 Å². The van der Waals surface area contributed by atoms with Gasteiger partial charge in [0.15, 0.2) is 0 Å². The van der Waals surface area contributed by atoms with E-state index in [0.717, 1.165) is 0 Å². The third-order valence-electron chi connectivity index (χ3n) is 3.53. The van der Waals surface area contributed by atoms with Crippen molar-refractivity contribution >= 4 is 11.9 Å². The van der Waals surface area contributed by atoms with Crippen molar-refractivity contribution in [3.8, 4) is 0 Å². The Labute approximate surface area is 128 Å². The summed E-state index contributed by atoms with van der Waals surface area (Å²) in [5.41, 5.74) is 0. The van der Waals surface area contributed by atoms with Gasteiger partial charge in [-0.3, -0.25) is 15.0 Å². The number of urea groups is 1. The maximum absolute atomic E-state index is 12.7. The SMILES string of the molecule is C[C@@H](C(=O)NC(=O)NCC(F)(F)F)N1CCC[C@@H](C(F)(F)F)C1. The number of imide groups is 1. The Kier molecular flexibility index (Phi) is 6.25. The molecule has 2 atom stereocenters. The van der Waals surface area contributed by atoms with Crippen LogP contribution in [0.4, 0.5) is 31.1 Å². The Hall–Kier alpha value is -1.52. The fourth-order valence-corrected chi connectivity index (χ4v) is 2.23. The zero-order valence-electron chi connectivity index (χ0n) is 12.2. The Bertz CT molecular complexity index is 437. The molecule has 2 N–H and O–H groups in total. The molecule has 1 saturated heterocycles. The van der Waals surface area contributed by atoms with Gasteiger partial charge in [0.1, 0.15) is 6.54 Å². The number of halogens is 6. The molecule has 0 saturated carbocycles. The summed E-state index contributed by atoms with van der Waals surface area (Å²) in [6.45, 7) is -0.459. The van der Waals surface area contributed by atoms with Crippen molar-refractivity contribution in [2.24, 2.45) is 5.92 Å². The zero-order valence-corrected chi connectivity index (χ0v) is 12.2. The molecule has 1 heterocycles. The summed E-state index contributed by atoms with van der Waals surface area (Å²) in [5, 5.41) is 3.14. The summed E-state index contributed by atoms with van der Waals surface area (Å²) in [6.07, 6.45) is -8.81. The van der Waals surface area contributed by atoms with Crippen LogP contribution in [0.2, 0.25) is 0 Å². The lowest BCUT2D eigenvalue weighted by molar-refractivity contribution is -0.188. The maximum Gasteiger partial charge on any atom is 0.405 e. The van der Waals surface area contributed by atoms with Gasteiger partial charge in [-0.05, 0) is 26.3 Å². The average Bonchev–Trinajstić information content (AvgIpc) is 2.43. The highest BCUT2D eigenvalue weighted by atomic mass is 19.4. The average molecular weight is 349 g/mol. The number of alkyl halides is 6. The molecule has 0 radical (unpaired) electrons. The number of carbonyl (C=O) groups excluding carboxylic acids is 2. The van der Waals surface area contributed by atoms with Crippen molar-refractivity contribution in [3.05, 3.63) is 0 Å². The largest absolute Gasteiger partial charge is 0.405 e. The number of nitrogens with one attached hydrogen (secondary N) is 2. The molecule has 1 rings (SSSR count). The molecule has 0 unspecified atom stereocenters. The second-order valence-electron chi connectivity index (χ2n) is 5.34. The number of rotatable bonds is 3. The first-order chi connectivity index (χ1) is 10.4. The number of amides is 3. The van der Waals surface area contributed by atoms with E-state index in [1.165, 1.54) is 17.1 Å². The van der Waals surface area contributed by atoms with E-state index in [9.17, 15) is 35.9 Å². The van der Waals surface area contributed by atoms with E-state index in [-0.39, 0.29) is 25.9 Å². The van der Waals surface area contributed by atoms with Gasteiger partial charge in [-0.1, -0.05) is 0 Å². The maximum atomic E-state index is 12.7. The first kappa shape index (κ1) is 19.5. The molecule has 5 nitrogen and oxygen atoms in total. The fourth-order valence-electron chi connectivity index (χ4n) is 2.23. The van der Waals surface area contributed by atoms with Gasteiger partial charge in [0.05, 0.1) is 12.0 Å². The number of likely N-dealkylation sites (tertiary alicyclic amines) is 1. The van der Waals surface area contributed by atoms with Crippen molar-refractivity contribution in [1.82, 2.24) is 15.5 Å². The Morgan fingerprint density at radius 1 is 1.22 bits per heavy atom. The number of hydrogen-bond donors (Lipinski definition) is 2. The number of carbonyl (C=O) groups is 2. The molecular weight excluding hydrogens is 332 g/mol. The molecule has 1 aliphatic heterocycles. The van der Waals surface area contributed by atoms with Crippen LogP contribution < -0.4 is 10.6 Å². The van der Waals surface area contributed by atoms with E-state index in [4.69, 9.17) is 0 Å². The highest BCUT2D eigenvalue weighted by Gasteiger charge is 2.43. The van der Waals surface area contributed by atoms with Crippen LogP contribution in [0.25, 0.3) is 0 Å². The molecule has 23 heavy (non-hydrogen) atoms. The van der Waals surface area contributed by atoms with Gasteiger partial charge >= 0.3 is 18.4 Å².